The standard InChI is InChI=1S/C15H18N6S/c1-3-12-18-13(10-6-8-22-15(10)19-12)17-11-5-4-7-21-14(11)16-9(2)20-21/h6,8,11H,3-5,7H2,1-2H3,(H,17,18,19). The van der Waals surface area contributed by atoms with Gasteiger partial charge in [-0.15, -0.1) is 11.3 Å². The second kappa shape index (κ2) is 5.31. The summed E-state index contributed by atoms with van der Waals surface area (Å²) < 4.78 is 2.02. The lowest BCUT2D eigenvalue weighted by Gasteiger charge is -2.24. The van der Waals surface area contributed by atoms with Crippen molar-refractivity contribution in [2.75, 3.05) is 5.32 Å². The Bertz CT molecular complexity index is 821. The van der Waals surface area contributed by atoms with Gasteiger partial charge in [-0.05, 0) is 31.2 Å². The van der Waals surface area contributed by atoms with E-state index in [4.69, 9.17) is 4.98 Å². The van der Waals surface area contributed by atoms with Gasteiger partial charge in [0.2, 0.25) is 0 Å². The van der Waals surface area contributed by atoms with Crippen LogP contribution in [0.1, 0.15) is 43.3 Å². The summed E-state index contributed by atoms with van der Waals surface area (Å²) in [5, 5.41) is 11.2. The van der Waals surface area contributed by atoms with Crippen molar-refractivity contribution in [2.24, 2.45) is 0 Å². The van der Waals surface area contributed by atoms with Crippen LogP contribution < -0.4 is 5.32 Å². The number of fused-ring (bicyclic) bond motifs is 2. The van der Waals surface area contributed by atoms with Crippen molar-refractivity contribution in [1.82, 2.24) is 24.7 Å². The predicted molar refractivity (Wildman–Crippen MR) is 87.1 cm³/mol. The van der Waals surface area contributed by atoms with E-state index >= 15 is 0 Å². The van der Waals surface area contributed by atoms with Gasteiger partial charge in [-0.3, -0.25) is 0 Å². The molecule has 0 saturated heterocycles. The van der Waals surface area contributed by atoms with Crippen molar-refractivity contribution < 1.29 is 0 Å². The number of rotatable bonds is 3. The first-order valence-corrected chi connectivity index (χ1v) is 8.54. The summed E-state index contributed by atoms with van der Waals surface area (Å²) in [6.45, 7) is 4.98. The summed E-state index contributed by atoms with van der Waals surface area (Å²) >= 11 is 1.66. The van der Waals surface area contributed by atoms with Crippen molar-refractivity contribution in [3.05, 3.63) is 28.9 Å². The molecule has 4 heterocycles. The topological polar surface area (TPSA) is 68.5 Å². The van der Waals surface area contributed by atoms with Gasteiger partial charge in [-0.1, -0.05) is 6.92 Å². The molecule has 114 valence electrons. The third-order valence-electron chi connectivity index (χ3n) is 3.98. The first-order valence-electron chi connectivity index (χ1n) is 7.66. The SMILES string of the molecule is CCc1nc(NC2CCCn3nc(C)nc32)c2ccsc2n1. The molecule has 0 radical (unpaired) electrons. The highest BCUT2D eigenvalue weighted by atomic mass is 32.1. The van der Waals surface area contributed by atoms with E-state index in [1.54, 1.807) is 11.3 Å². The number of hydrogen-bond donors (Lipinski definition) is 1. The van der Waals surface area contributed by atoms with Crippen LogP contribution in [0.5, 0.6) is 0 Å². The van der Waals surface area contributed by atoms with E-state index in [0.717, 1.165) is 59.3 Å². The van der Waals surface area contributed by atoms with Crippen molar-refractivity contribution in [1.29, 1.82) is 0 Å². The molecule has 1 unspecified atom stereocenters. The van der Waals surface area contributed by atoms with Crippen LogP contribution in [0.15, 0.2) is 11.4 Å². The highest BCUT2D eigenvalue weighted by Crippen LogP contribution is 2.31. The molecule has 0 aromatic carbocycles. The Labute approximate surface area is 132 Å². The van der Waals surface area contributed by atoms with Crippen LogP contribution in [0.3, 0.4) is 0 Å². The normalized spacial score (nSPS) is 17.6. The molecule has 1 N–H and O–H groups in total. The summed E-state index contributed by atoms with van der Waals surface area (Å²) in [5.41, 5.74) is 0. The van der Waals surface area contributed by atoms with Gasteiger partial charge in [-0.25, -0.2) is 19.6 Å². The lowest BCUT2D eigenvalue weighted by Crippen LogP contribution is -2.23. The van der Waals surface area contributed by atoms with Crippen LogP contribution in [-0.2, 0) is 13.0 Å². The van der Waals surface area contributed by atoms with E-state index in [1.807, 2.05) is 11.6 Å². The lowest BCUT2D eigenvalue weighted by molar-refractivity contribution is 0.437. The summed E-state index contributed by atoms with van der Waals surface area (Å²) in [6, 6.07) is 2.25. The number of nitrogens with one attached hydrogen (secondary N) is 1. The molecule has 3 aromatic rings. The molecule has 1 atom stereocenters. The quantitative estimate of drug-likeness (QED) is 0.804. The van der Waals surface area contributed by atoms with Gasteiger partial charge in [0.25, 0.3) is 0 Å². The zero-order valence-electron chi connectivity index (χ0n) is 12.7. The molecule has 1 aliphatic heterocycles. The van der Waals surface area contributed by atoms with Gasteiger partial charge in [0.15, 0.2) is 0 Å². The van der Waals surface area contributed by atoms with Crippen LogP contribution in [0.2, 0.25) is 0 Å². The second-order valence-corrected chi connectivity index (χ2v) is 6.46. The number of thiophene rings is 1. The Morgan fingerprint density at radius 2 is 2.27 bits per heavy atom. The Morgan fingerprint density at radius 1 is 1.36 bits per heavy atom. The number of aromatic nitrogens is 5. The third-order valence-corrected chi connectivity index (χ3v) is 4.79. The summed E-state index contributed by atoms with van der Waals surface area (Å²) in [7, 11) is 0. The molecule has 6 nitrogen and oxygen atoms in total. The Hall–Kier alpha value is -2.02. The van der Waals surface area contributed by atoms with Gasteiger partial charge < -0.3 is 5.32 Å². The highest BCUT2D eigenvalue weighted by Gasteiger charge is 2.24. The number of nitrogens with zero attached hydrogens (tertiary/aromatic N) is 5. The fraction of sp³-hybridized carbons (Fsp3) is 0.467. The zero-order valence-corrected chi connectivity index (χ0v) is 13.5. The molecular weight excluding hydrogens is 296 g/mol. The first kappa shape index (κ1) is 13.6. The van der Waals surface area contributed by atoms with Gasteiger partial charge in [0.05, 0.1) is 11.4 Å². The molecule has 0 saturated carbocycles. The number of anilines is 1. The molecule has 7 heteroatoms. The molecule has 0 bridgehead atoms. The average Bonchev–Trinajstić information content (AvgIpc) is 3.12. The molecule has 22 heavy (non-hydrogen) atoms. The van der Waals surface area contributed by atoms with E-state index in [9.17, 15) is 0 Å². The zero-order chi connectivity index (χ0) is 15.1. The van der Waals surface area contributed by atoms with Crippen molar-refractivity contribution in [3.63, 3.8) is 0 Å². The fourth-order valence-electron chi connectivity index (χ4n) is 2.94. The maximum absolute atomic E-state index is 4.69. The van der Waals surface area contributed by atoms with Gasteiger partial charge in [0.1, 0.15) is 28.1 Å². The highest BCUT2D eigenvalue weighted by molar-refractivity contribution is 7.16. The van der Waals surface area contributed by atoms with Crippen molar-refractivity contribution in [2.45, 2.75) is 45.7 Å². The van der Waals surface area contributed by atoms with Crippen LogP contribution in [-0.4, -0.2) is 24.7 Å². The van der Waals surface area contributed by atoms with E-state index in [1.165, 1.54) is 0 Å². The van der Waals surface area contributed by atoms with E-state index < -0.39 is 0 Å². The summed E-state index contributed by atoms with van der Waals surface area (Å²) in [6.07, 6.45) is 2.99. The van der Waals surface area contributed by atoms with Gasteiger partial charge in [-0.2, -0.15) is 5.10 Å². The third kappa shape index (κ3) is 2.25. The Balaban J connectivity index is 1.73. The van der Waals surface area contributed by atoms with Crippen LogP contribution in [0.4, 0.5) is 5.82 Å². The maximum atomic E-state index is 4.69. The molecule has 4 rings (SSSR count). The molecule has 1 aliphatic rings. The number of aryl methyl sites for hydroxylation is 3. The lowest BCUT2D eigenvalue weighted by atomic mass is 10.1. The van der Waals surface area contributed by atoms with Crippen LogP contribution in [0.25, 0.3) is 10.2 Å². The largest absolute Gasteiger partial charge is 0.359 e. The van der Waals surface area contributed by atoms with Crippen molar-refractivity contribution >= 4 is 27.4 Å². The van der Waals surface area contributed by atoms with Crippen LogP contribution >= 0.6 is 11.3 Å². The molecule has 0 aliphatic carbocycles. The first-order chi connectivity index (χ1) is 10.7. The van der Waals surface area contributed by atoms with Crippen LogP contribution in [0, 0.1) is 6.92 Å². The average molecular weight is 314 g/mol. The van der Waals surface area contributed by atoms with E-state index in [-0.39, 0.29) is 6.04 Å². The summed E-state index contributed by atoms with van der Waals surface area (Å²) in [5.74, 6) is 3.65. The molecule has 0 amide bonds. The maximum Gasteiger partial charge on any atom is 0.149 e. The molecule has 0 spiro atoms. The Morgan fingerprint density at radius 3 is 3.14 bits per heavy atom. The fourth-order valence-corrected chi connectivity index (χ4v) is 3.72. The monoisotopic (exact) mass is 314 g/mol. The van der Waals surface area contributed by atoms with E-state index in [2.05, 4.69) is 38.8 Å². The molecule has 0 fully saturated rings. The van der Waals surface area contributed by atoms with E-state index in [0.29, 0.717) is 0 Å². The minimum absolute atomic E-state index is 0.164. The number of hydrogen-bond acceptors (Lipinski definition) is 6. The predicted octanol–water partition coefficient (Wildman–Crippen LogP) is 3.10. The summed E-state index contributed by atoms with van der Waals surface area (Å²) in [4.78, 5) is 14.9. The minimum atomic E-state index is 0.164. The molecule has 3 aromatic heterocycles. The Kier molecular flexibility index (Phi) is 3.29. The second-order valence-electron chi connectivity index (χ2n) is 5.56. The molecular formula is C15H18N6S. The van der Waals surface area contributed by atoms with Gasteiger partial charge >= 0.3 is 0 Å². The van der Waals surface area contributed by atoms with Crippen molar-refractivity contribution in [3.8, 4) is 0 Å². The van der Waals surface area contributed by atoms with Gasteiger partial charge in [0, 0.05) is 13.0 Å². The smallest absolute Gasteiger partial charge is 0.149 e. The minimum Gasteiger partial charge on any atom is -0.359 e.